The van der Waals surface area contributed by atoms with Crippen LogP contribution in [0.15, 0.2) is 24.4 Å². The molecule has 0 aliphatic heterocycles. The molecule has 7 nitrogen and oxygen atoms in total. The van der Waals surface area contributed by atoms with E-state index in [-0.39, 0.29) is 29.5 Å². The highest BCUT2D eigenvalue weighted by Crippen LogP contribution is 2.16. The number of aromatic nitrogens is 3. The quantitative estimate of drug-likeness (QED) is 0.805. The van der Waals surface area contributed by atoms with Crippen LogP contribution in [-0.4, -0.2) is 53.1 Å². The maximum atomic E-state index is 12.7. The minimum Gasteiger partial charge on any atom is -0.481 e. The highest BCUT2D eigenvalue weighted by atomic mass is 16.5. The molecule has 1 atom stereocenters. The van der Waals surface area contributed by atoms with E-state index in [1.165, 1.54) is 20.3 Å². The van der Waals surface area contributed by atoms with Gasteiger partial charge in [-0.05, 0) is 31.5 Å². The van der Waals surface area contributed by atoms with Crippen LogP contribution in [0.4, 0.5) is 0 Å². The first kappa shape index (κ1) is 17.7. The lowest BCUT2D eigenvalue weighted by atomic mass is 10.1. The smallest absolute Gasteiger partial charge is 0.320 e. The number of methoxy groups -OCH3 is 2. The summed E-state index contributed by atoms with van der Waals surface area (Å²) in [6.07, 6.45) is 2.43. The largest absolute Gasteiger partial charge is 0.481 e. The van der Waals surface area contributed by atoms with Crippen molar-refractivity contribution in [2.24, 2.45) is 0 Å². The van der Waals surface area contributed by atoms with Crippen molar-refractivity contribution in [3.8, 4) is 11.9 Å². The molecule has 2 heterocycles. The number of carbonyl (C=O) groups is 1. The van der Waals surface area contributed by atoms with Crippen LogP contribution < -0.4 is 9.47 Å². The van der Waals surface area contributed by atoms with E-state index in [1.54, 1.807) is 18.1 Å². The molecule has 0 aliphatic rings. The Bertz CT molecular complexity index is 698. The zero-order chi connectivity index (χ0) is 17.7. The molecule has 2 rings (SSSR count). The molecule has 0 fully saturated rings. The topological polar surface area (TPSA) is 77.4 Å². The Kier molecular flexibility index (Phi) is 5.68. The van der Waals surface area contributed by atoms with Gasteiger partial charge in [0.2, 0.25) is 5.88 Å². The maximum Gasteiger partial charge on any atom is 0.320 e. The fourth-order valence-electron chi connectivity index (χ4n) is 2.24. The third kappa shape index (κ3) is 4.18. The summed E-state index contributed by atoms with van der Waals surface area (Å²) in [4.78, 5) is 26.8. The molecule has 24 heavy (non-hydrogen) atoms. The summed E-state index contributed by atoms with van der Waals surface area (Å²) in [5, 5.41) is 0. The lowest BCUT2D eigenvalue weighted by Crippen LogP contribution is -2.37. The molecule has 0 saturated carbocycles. The van der Waals surface area contributed by atoms with E-state index in [0.717, 1.165) is 11.3 Å². The molecule has 2 aromatic rings. The molecular weight excluding hydrogens is 308 g/mol. The maximum absolute atomic E-state index is 12.7. The van der Waals surface area contributed by atoms with Crippen LogP contribution in [-0.2, 0) is 6.42 Å². The number of ether oxygens (including phenoxy) is 2. The zero-order valence-electron chi connectivity index (χ0n) is 14.6. The molecule has 7 heteroatoms. The number of likely N-dealkylation sites (N-methyl/N-ethyl adjacent to an activating group) is 1. The van der Waals surface area contributed by atoms with Crippen molar-refractivity contribution in [1.82, 2.24) is 19.9 Å². The number of rotatable bonds is 6. The second-order valence-electron chi connectivity index (χ2n) is 5.58. The minimum absolute atomic E-state index is 0.0428. The second-order valence-corrected chi connectivity index (χ2v) is 5.58. The van der Waals surface area contributed by atoms with Crippen LogP contribution in [0.3, 0.4) is 0 Å². The van der Waals surface area contributed by atoms with Crippen molar-refractivity contribution < 1.29 is 14.3 Å². The van der Waals surface area contributed by atoms with Crippen molar-refractivity contribution in [1.29, 1.82) is 0 Å². The molecule has 0 aliphatic carbocycles. The van der Waals surface area contributed by atoms with Gasteiger partial charge in [0.05, 0.1) is 14.2 Å². The van der Waals surface area contributed by atoms with Gasteiger partial charge in [-0.3, -0.25) is 9.78 Å². The predicted octanol–water partition coefficient (Wildman–Crippen LogP) is 1.90. The third-order valence-corrected chi connectivity index (χ3v) is 3.75. The molecule has 0 radical (unpaired) electrons. The van der Waals surface area contributed by atoms with E-state index in [9.17, 15) is 4.79 Å². The first-order valence-corrected chi connectivity index (χ1v) is 7.60. The van der Waals surface area contributed by atoms with Gasteiger partial charge in [0.15, 0.2) is 0 Å². The summed E-state index contributed by atoms with van der Waals surface area (Å²) >= 11 is 0. The lowest BCUT2D eigenvalue weighted by Gasteiger charge is -2.24. The normalized spacial score (nSPS) is 11.7. The van der Waals surface area contributed by atoms with Crippen LogP contribution in [0, 0.1) is 6.92 Å². The monoisotopic (exact) mass is 330 g/mol. The number of carbonyl (C=O) groups excluding carboxylic acids is 1. The number of hydrogen-bond acceptors (Lipinski definition) is 6. The Morgan fingerprint density at radius 1 is 1.25 bits per heavy atom. The van der Waals surface area contributed by atoms with Crippen LogP contribution in [0.1, 0.15) is 28.7 Å². The van der Waals surface area contributed by atoms with E-state index in [1.807, 2.05) is 26.0 Å². The molecule has 1 amide bonds. The fourth-order valence-corrected chi connectivity index (χ4v) is 2.24. The van der Waals surface area contributed by atoms with Gasteiger partial charge < -0.3 is 14.4 Å². The van der Waals surface area contributed by atoms with E-state index < -0.39 is 0 Å². The van der Waals surface area contributed by atoms with Crippen molar-refractivity contribution in [2.75, 3.05) is 21.3 Å². The van der Waals surface area contributed by atoms with E-state index in [2.05, 4.69) is 15.0 Å². The van der Waals surface area contributed by atoms with E-state index in [4.69, 9.17) is 9.47 Å². The summed E-state index contributed by atoms with van der Waals surface area (Å²) in [7, 11) is 4.66. The molecule has 128 valence electrons. The van der Waals surface area contributed by atoms with Crippen LogP contribution in [0.25, 0.3) is 0 Å². The average Bonchev–Trinajstić information content (AvgIpc) is 2.59. The summed E-state index contributed by atoms with van der Waals surface area (Å²) in [6.45, 7) is 3.99. The first-order chi connectivity index (χ1) is 11.4. The Morgan fingerprint density at radius 3 is 2.62 bits per heavy atom. The van der Waals surface area contributed by atoms with E-state index >= 15 is 0 Å². The van der Waals surface area contributed by atoms with Crippen molar-refractivity contribution in [2.45, 2.75) is 26.3 Å². The van der Waals surface area contributed by atoms with Gasteiger partial charge in [-0.1, -0.05) is 0 Å². The summed E-state index contributed by atoms with van der Waals surface area (Å²) < 4.78 is 10.1. The Morgan fingerprint density at radius 2 is 2.00 bits per heavy atom. The minimum atomic E-state index is -0.228. The number of pyridine rings is 1. The number of aryl methyl sites for hydroxylation is 1. The zero-order valence-corrected chi connectivity index (χ0v) is 14.6. The van der Waals surface area contributed by atoms with Crippen LogP contribution in [0.5, 0.6) is 11.9 Å². The highest BCUT2D eigenvalue weighted by molar-refractivity contribution is 5.92. The number of hydrogen-bond donors (Lipinski definition) is 0. The average molecular weight is 330 g/mol. The van der Waals surface area contributed by atoms with Crippen molar-refractivity contribution in [3.63, 3.8) is 0 Å². The van der Waals surface area contributed by atoms with Gasteiger partial charge in [-0.15, -0.1) is 0 Å². The molecule has 0 aromatic carbocycles. The van der Waals surface area contributed by atoms with Gasteiger partial charge in [0.25, 0.3) is 5.91 Å². The standard InChI is InChI=1S/C17H22N4O3/c1-11-6-7-18-13(8-11)9-12(2)21(3)16(22)14-10-15(23-4)20-17(19-14)24-5/h6-8,10,12H,9H2,1-5H3/t12-/m1/s1. The van der Waals surface area contributed by atoms with E-state index in [0.29, 0.717) is 6.42 Å². The Hall–Kier alpha value is -2.70. The van der Waals surface area contributed by atoms with Crippen molar-refractivity contribution in [3.05, 3.63) is 41.3 Å². The van der Waals surface area contributed by atoms with Gasteiger partial charge in [-0.25, -0.2) is 0 Å². The molecule has 0 bridgehead atoms. The van der Waals surface area contributed by atoms with Gasteiger partial charge in [0.1, 0.15) is 5.69 Å². The lowest BCUT2D eigenvalue weighted by molar-refractivity contribution is 0.0735. The molecule has 2 aromatic heterocycles. The molecule has 0 N–H and O–H groups in total. The van der Waals surface area contributed by atoms with Gasteiger partial charge in [-0.2, -0.15) is 9.97 Å². The second kappa shape index (κ2) is 7.72. The fraction of sp³-hybridized carbons (Fsp3) is 0.412. The summed E-state index contributed by atoms with van der Waals surface area (Å²) in [5.74, 6) is 0.0563. The highest BCUT2D eigenvalue weighted by Gasteiger charge is 2.21. The third-order valence-electron chi connectivity index (χ3n) is 3.75. The Balaban J connectivity index is 2.16. The Labute approximate surface area is 141 Å². The number of amides is 1. The van der Waals surface area contributed by atoms with Crippen LogP contribution >= 0.6 is 0 Å². The molecule has 0 unspecified atom stereocenters. The molecule has 0 spiro atoms. The predicted molar refractivity (Wildman–Crippen MR) is 89.4 cm³/mol. The SMILES string of the molecule is COc1cc(C(=O)N(C)[C@H](C)Cc2cc(C)ccn2)nc(OC)n1. The van der Waals surface area contributed by atoms with Gasteiger partial charge in [0, 0.05) is 37.5 Å². The summed E-state index contributed by atoms with van der Waals surface area (Å²) in [6, 6.07) is 5.52. The molecule has 0 saturated heterocycles. The van der Waals surface area contributed by atoms with Crippen LogP contribution in [0.2, 0.25) is 0 Å². The van der Waals surface area contributed by atoms with Gasteiger partial charge >= 0.3 is 6.01 Å². The van der Waals surface area contributed by atoms with Crippen molar-refractivity contribution >= 4 is 5.91 Å². The molecular formula is C17H22N4O3. The first-order valence-electron chi connectivity index (χ1n) is 7.60. The number of nitrogens with zero attached hydrogens (tertiary/aromatic N) is 4. The summed E-state index contributed by atoms with van der Waals surface area (Å²) in [5.41, 5.74) is 2.32.